The Labute approximate surface area is 93.9 Å². The van der Waals surface area contributed by atoms with Crippen LogP contribution in [-0.2, 0) is 0 Å². The number of nitrogens with one attached hydrogen (secondary N) is 1. The molecule has 0 fully saturated rings. The number of nitrogens with zero attached hydrogens (tertiary/aromatic N) is 3. The second-order valence-electron chi connectivity index (χ2n) is 3.24. The van der Waals surface area contributed by atoms with Gasteiger partial charge in [0.05, 0.1) is 11.4 Å². The minimum absolute atomic E-state index is 0.280. The molecular formula is C10H14N5O-. The molecule has 6 heteroatoms. The van der Waals surface area contributed by atoms with Crippen LogP contribution in [0, 0.1) is 5.21 Å². The van der Waals surface area contributed by atoms with Crippen molar-refractivity contribution in [2.24, 2.45) is 21.1 Å². The van der Waals surface area contributed by atoms with Crippen LogP contribution in [0.5, 0.6) is 0 Å². The first-order valence-electron chi connectivity index (χ1n) is 4.81. The van der Waals surface area contributed by atoms with Gasteiger partial charge in [0.25, 0.3) is 0 Å². The van der Waals surface area contributed by atoms with Crippen LogP contribution < -0.4 is 11.1 Å². The summed E-state index contributed by atoms with van der Waals surface area (Å²) in [5.41, 5.74) is 7.16. The molecule has 16 heavy (non-hydrogen) atoms. The van der Waals surface area contributed by atoms with E-state index in [9.17, 15) is 5.21 Å². The van der Waals surface area contributed by atoms with E-state index in [-0.39, 0.29) is 5.84 Å². The van der Waals surface area contributed by atoms with E-state index in [0.29, 0.717) is 18.0 Å². The van der Waals surface area contributed by atoms with Crippen molar-refractivity contribution in [3.63, 3.8) is 0 Å². The molecule has 0 aromatic rings. The molecule has 0 saturated carbocycles. The summed E-state index contributed by atoms with van der Waals surface area (Å²) in [5, 5.41) is 23.6. The predicted molar refractivity (Wildman–Crippen MR) is 66.4 cm³/mol. The van der Waals surface area contributed by atoms with Gasteiger partial charge in [-0.05, 0) is 19.9 Å². The minimum atomic E-state index is 0.280. The lowest BCUT2D eigenvalue weighted by Gasteiger charge is -2.09. The van der Waals surface area contributed by atoms with Crippen LogP contribution in [0.15, 0.2) is 39.3 Å². The molecule has 3 N–H and O–H groups in total. The number of rotatable bonds is 3. The molecule has 0 aliphatic carbocycles. The maximum Gasteiger partial charge on any atom is 0.169 e. The number of hydrogen-bond donors (Lipinski definition) is 2. The van der Waals surface area contributed by atoms with Gasteiger partial charge in [-0.3, -0.25) is 0 Å². The fourth-order valence-electron chi connectivity index (χ4n) is 0.957. The van der Waals surface area contributed by atoms with Crippen molar-refractivity contribution in [2.75, 3.05) is 6.54 Å². The Morgan fingerprint density at radius 1 is 1.38 bits per heavy atom. The first-order chi connectivity index (χ1) is 7.65. The molecule has 0 amide bonds. The maximum atomic E-state index is 10.2. The molecule has 0 saturated heterocycles. The fourth-order valence-corrected chi connectivity index (χ4v) is 0.957. The average molecular weight is 220 g/mol. The molecule has 1 aliphatic rings. The molecule has 0 aromatic carbocycles. The van der Waals surface area contributed by atoms with E-state index in [1.54, 1.807) is 13.8 Å². The Morgan fingerprint density at radius 3 is 2.69 bits per heavy atom. The minimum Gasteiger partial charge on any atom is -0.792 e. The first-order valence-corrected chi connectivity index (χ1v) is 4.81. The highest BCUT2D eigenvalue weighted by Crippen LogP contribution is 1.97. The molecule has 0 radical (unpaired) electrons. The summed E-state index contributed by atoms with van der Waals surface area (Å²) in [7, 11) is 0. The van der Waals surface area contributed by atoms with Gasteiger partial charge in [0.15, 0.2) is 5.84 Å². The quantitative estimate of drug-likeness (QED) is 0.416. The Balaban J connectivity index is 2.78. The van der Waals surface area contributed by atoms with Gasteiger partial charge >= 0.3 is 0 Å². The SMILES string of the molecule is CC(=N\[O-])/C(C)=N/N=C(N)C1=CC=CCN1. The van der Waals surface area contributed by atoms with Crippen LogP contribution in [-0.4, -0.2) is 23.8 Å². The molecule has 1 rings (SSSR count). The summed E-state index contributed by atoms with van der Waals surface area (Å²) in [6.07, 6.45) is 5.65. The van der Waals surface area contributed by atoms with Gasteiger partial charge in [-0.15, -0.1) is 5.10 Å². The molecule has 0 spiro atoms. The van der Waals surface area contributed by atoms with Crippen LogP contribution in [0.2, 0.25) is 0 Å². The number of allylic oxidation sites excluding steroid dienone is 2. The van der Waals surface area contributed by atoms with Gasteiger partial charge < -0.3 is 21.4 Å². The lowest BCUT2D eigenvalue weighted by molar-refractivity contribution is 0.928. The van der Waals surface area contributed by atoms with E-state index < -0.39 is 0 Å². The molecule has 1 heterocycles. The molecule has 1 aliphatic heterocycles. The summed E-state index contributed by atoms with van der Waals surface area (Å²) in [4.78, 5) is 0. The lowest BCUT2D eigenvalue weighted by Crippen LogP contribution is -2.28. The molecule has 86 valence electrons. The van der Waals surface area contributed by atoms with E-state index >= 15 is 0 Å². The highest BCUT2D eigenvalue weighted by atomic mass is 16.4. The summed E-state index contributed by atoms with van der Waals surface area (Å²) < 4.78 is 0. The Hall–Kier alpha value is -2.11. The lowest BCUT2D eigenvalue weighted by atomic mass is 10.3. The predicted octanol–water partition coefficient (Wildman–Crippen LogP) is 0.722. The molecule has 6 nitrogen and oxygen atoms in total. The largest absolute Gasteiger partial charge is 0.792 e. The average Bonchev–Trinajstić information content (AvgIpc) is 2.35. The number of nitrogens with two attached hydrogens (primary N) is 1. The third-order valence-corrected chi connectivity index (χ3v) is 2.05. The zero-order valence-electron chi connectivity index (χ0n) is 9.27. The van der Waals surface area contributed by atoms with Gasteiger partial charge in [-0.25, -0.2) is 0 Å². The van der Waals surface area contributed by atoms with Crippen molar-refractivity contribution < 1.29 is 0 Å². The number of dihydropyridines is 1. The molecule has 0 aromatic heterocycles. The number of hydrogen-bond acceptors (Lipinski definition) is 5. The zero-order valence-corrected chi connectivity index (χ0v) is 9.27. The van der Waals surface area contributed by atoms with Crippen LogP contribution in [0.4, 0.5) is 0 Å². The smallest absolute Gasteiger partial charge is 0.169 e. The monoisotopic (exact) mass is 220 g/mol. The van der Waals surface area contributed by atoms with Crippen molar-refractivity contribution in [1.82, 2.24) is 5.32 Å². The highest BCUT2D eigenvalue weighted by molar-refractivity contribution is 6.40. The van der Waals surface area contributed by atoms with Crippen molar-refractivity contribution in [2.45, 2.75) is 13.8 Å². The highest BCUT2D eigenvalue weighted by Gasteiger charge is 2.02. The Bertz CT molecular complexity index is 403. The van der Waals surface area contributed by atoms with E-state index in [1.165, 1.54) is 0 Å². The maximum absolute atomic E-state index is 10.2. The third kappa shape index (κ3) is 3.23. The molecule has 0 atom stereocenters. The molecule has 0 bridgehead atoms. The summed E-state index contributed by atoms with van der Waals surface area (Å²) in [6.45, 7) is 3.93. The summed E-state index contributed by atoms with van der Waals surface area (Å²) >= 11 is 0. The van der Waals surface area contributed by atoms with Crippen molar-refractivity contribution in [3.8, 4) is 0 Å². The van der Waals surface area contributed by atoms with Gasteiger partial charge in [0.2, 0.25) is 0 Å². The van der Waals surface area contributed by atoms with Crippen LogP contribution in [0.3, 0.4) is 0 Å². The fraction of sp³-hybridized carbons (Fsp3) is 0.300. The van der Waals surface area contributed by atoms with Crippen LogP contribution in [0.1, 0.15) is 13.8 Å². The molecular weight excluding hydrogens is 206 g/mol. The van der Waals surface area contributed by atoms with Crippen LogP contribution >= 0.6 is 0 Å². The first kappa shape index (κ1) is 12.0. The van der Waals surface area contributed by atoms with Crippen molar-refractivity contribution in [1.29, 1.82) is 0 Å². The second-order valence-corrected chi connectivity index (χ2v) is 3.24. The molecule has 0 unspecified atom stereocenters. The van der Waals surface area contributed by atoms with E-state index in [2.05, 4.69) is 20.7 Å². The van der Waals surface area contributed by atoms with E-state index in [1.807, 2.05) is 18.2 Å². The Morgan fingerprint density at radius 2 is 2.12 bits per heavy atom. The topological polar surface area (TPSA) is 98.2 Å². The van der Waals surface area contributed by atoms with Gasteiger partial charge in [0.1, 0.15) is 0 Å². The Kier molecular flexibility index (Phi) is 4.26. The number of amidine groups is 1. The van der Waals surface area contributed by atoms with Gasteiger partial charge in [-0.1, -0.05) is 12.2 Å². The third-order valence-electron chi connectivity index (χ3n) is 2.05. The van der Waals surface area contributed by atoms with E-state index in [0.717, 1.165) is 5.70 Å². The van der Waals surface area contributed by atoms with Crippen molar-refractivity contribution >= 4 is 17.3 Å². The van der Waals surface area contributed by atoms with Crippen LogP contribution in [0.25, 0.3) is 0 Å². The summed E-state index contributed by atoms with van der Waals surface area (Å²) in [5.74, 6) is 0.280. The zero-order chi connectivity index (χ0) is 12.0. The van der Waals surface area contributed by atoms with Gasteiger partial charge in [-0.2, -0.15) is 5.10 Å². The standard InChI is InChI=1S/C10H15N5O/c1-7(8(2)15-16)13-14-10(11)9-5-3-4-6-12-9/h3-5,12,16H,6H2,1-2H3,(H2,11,14)/p-1/b13-7+,15-8+. The normalized spacial score (nSPS) is 18.1. The van der Waals surface area contributed by atoms with Crippen molar-refractivity contribution in [3.05, 3.63) is 29.1 Å². The summed E-state index contributed by atoms with van der Waals surface area (Å²) in [6, 6.07) is 0. The van der Waals surface area contributed by atoms with Gasteiger partial charge in [0, 0.05) is 12.3 Å². The van der Waals surface area contributed by atoms with E-state index in [4.69, 9.17) is 5.73 Å². The second kappa shape index (κ2) is 5.69.